The molecule has 0 unspecified atom stereocenters. The van der Waals surface area contributed by atoms with Crippen molar-refractivity contribution in [3.63, 3.8) is 0 Å². The summed E-state index contributed by atoms with van der Waals surface area (Å²) in [6, 6.07) is 16.8. The number of carbonyl (C=O) groups excluding carboxylic acids is 1. The van der Waals surface area contributed by atoms with Gasteiger partial charge < -0.3 is 19.7 Å². The zero-order chi connectivity index (χ0) is 19.1. The molecule has 0 spiro atoms. The molecule has 0 radical (unpaired) electrons. The number of ether oxygens (including phenoxy) is 2. The van der Waals surface area contributed by atoms with E-state index < -0.39 is 5.91 Å². The van der Waals surface area contributed by atoms with Crippen LogP contribution < -0.4 is 15.0 Å². The molecule has 1 N–H and O–H groups in total. The van der Waals surface area contributed by atoms with Crippen LogP contribution in [0.25, 0.3) is 6.08 Å². The van der Waals surface area contributed by atoms with E-state index >= 15 is 0 Å². The number of benzene rings is 2. The van der Waals surface area contributed by atoms with E-state index in [1.54, 1.807) is 24.3 Å². The quantitative estimate of drug-likeness (QED) is 0.653. The maximum atomic E-state index is 12.5. The van der Waals surface area contributed by atoms with Crippen LogP contribution in [-0.4, -0.2) is 39.3 Å². The molecule has 0 saturated carbocycles. The molecule has 6 heteroatoms. The van der Waals surface area contributed by atoms with Gasteiger partial charge in [-0.05, 0) is 35.9 Å². The first-order chi connectivity index (χ1) is 13.2. The Bertz CT molecular complexity index is 863. The molecular formula is C21H21N3O3. The number of nitriles is 1. The van der Waals surface area contributed by atoms with Crippen molar-refractivity contribution >= 4 is 23.4 Å². The monoisotopic (exact) mass is 363 g/mol. The Morgan fingerprint density at radius 1 is 1.19 bits per heavy atom. The predicted octanol–water partition coefficient (Wildman–Crippen LogP) is 3.08. The van der Waals surface area contributed by atoms with E-state index in [1.165, 1.54) is 7.11 Å². The van der Waals surface area contributed by atoms with Crippen LogP contribution >= 0.6 is 0 Å². The largest absolute Gasteiger partial charge is 0.495 e. The van der Waals surface area contributed by atoms with E-state index in [0.29, 0.717) is 11.4 Å². The highest BCUT2D eigenvalue weighted by molar-refractivity contribution is 6.10. The number of rotatable bonds is 5. The van der Waals surface area contributed by atoms with E-state index in [0.717, 1.165) is 37.6 Å². The van der Waals surface area contributed by atoms with Crippen molar-refractivity contribution in [1.82, 2.24) is 0 Å². The summed E-state index contributed by atoms with van der Waals surface area (Å²) in [5, 5.41) is 12.1. The Kier molecular flexibility index (Phi) is 6.08. The third kappa shape index (κ3) is 4.66. The van der Waals surface area contributed by atoms with E-state index in [-0.39, 0.29) is 5.57 Å². The van der Waals surface area contributed by atoms with E-state index in [2.05, 4.69) is 10.2 Å². The van der Waals surface area contributed by atoms with Gasteiger partial charge in [-0.3, -0.25) is 4.79 Å². The normalized spacial score (nSPS) is 14.4. The second-order valence-corrected chi connectivity index (χ2v) is 6.02. The first-order valence-electron chi connectivity index (χ1n) is 8.70. The minimum Gasteiger partial charge on any atom is -0.495 e. The van der Waals surface area contributed by atoms with Crippen LogP contribution in [0.3, 0.4) is 0 Å². The third-order valence-electron chi connectivity index (χ3n) is 4.30. The Hall–Kier alpha value is -3.30. The van der Waals surface area contributed by atoms with Crippen LogP contribution in [0.2, 0.25) is 0 Å². The van der Waals surface area contributed by atoms with Crippen molar-refractivity contribution in [3.8, 4) is 11.8 Å². The topological polar surface area (TPSA) is 74.6 Å². The molecule has 6 nitrogen and oxygen atoms in total. The van der Waals surface area contributed by atoms with Gasteiger partial charge in [0, 0.05) is 18.8 Å². The van der Waals surface area contributed by atoms with Gasteiger partial charge in [-0.1, -0.05) is 24.3 Å². The molecule has 3 rings (SSSR count). The molecule has 27 heavy (non-hydrogen) atoms. The van der Waals surface area contributed by atoms with Gasteiger partial charge in [0.1, 0.15) is 17.4 Å². The third-order valence-corrected chi connectivity index (χ3v) is 4.30. The van der Waals surface area contributed by atoms with Gasteiger partial charge in [-0.2, -0.15) is 5.26 Å². The van der Waals surface area contributed by atoms with Gasteiger partial charge in [-0.15, -0.1) is 0 Å². The molecule has 0 atom stereocenters. The minimum atomic E-state index is -0.473. The van der Waals surface area contributed by atoms with Crippen molar-refractivity contribution in [1.29, 1.82) is 5.26 Å². The van der Waals surface area contributed by atoms with Crippen LogP contribution in [0.4, 0.5) is 11.4 Å². The smallest absolute Gasteiger partial charge is 0.266 e. The zero-order valence-corrected chi connectivity index (χ0v) is 15.1. The number of methoxy groups -OCH3 is 1. The van der Waals surface area contributed by atoms with Crippen LogP contribution in [0, 0.1) is 11.3 Å². The average molecular weight is 363 g/mol. The van der Waals surface area contributed by atoms with Gasteiger partial charge in [0.25, 0.3) is 5.91 Å². The highest BCUT2D eigenvalue weighted by Crippen LogP contribution is 2.24. The van der Waals surface area contributed by atoms with Crippen molar-refractivity contribution in [2.45, 2.75) is 0 Å². The van der Waals surface area contributed by atoms with E-state index in [9.17, 15) is 10.1 Å². The average Bonchev–Trinajstić information content (AvgIpc) is 2.73. The molecule has 138 valence electrons. The first-order valence-corrected chi connectivity index (χ1v) is 8.70. The molecule has 0 bridgehead atoms. The number of nitrogens with zero attached hydrogens (tertiary/aromatic N) is 2. The number of hydrogen-bond donors (Lipinski definition) is 1. The summed E-state index contributed by atoms with van der Waals surface area (Å²) in [5.74, 6) is 0.0669. The number of morpholine rings is 1. The molecule has 1 saturated heterocycles. The zero-order valence-electron chi connectivity index (χ0n) is 15.1. The van der Waals surface area contributed by atoms with Crippen molar-refractivity contribution in [2.24, 2.45) is 0 Å². The van der Waals surface area contributed by atoms with Gasteiger partial charge >= 0.3 is 0 Å². The molecule has 1 heterocycles. The lowest BCUT2D eigenvalue weighted by Gasteiger charge is -2.28. The van der Waals surface area contributed by atoms with Crippen LogP contribution in [0.5, 0.6) is 5.75 Å². The van der Waals surface area contributed by atoms with Crippen LogP contribution in [0.1, 0.15) is 5.56 Å². The molecule has 0 aliphatic carbocycles. The van der Waals surface area contributed by atoms with Gasteiger partial charge in [0.15, 0.2) is 0 Å². The summed E-state index contributed by atoms with van der Waals surface area (Å²) >= 11 is 0. The van der Waals surface area contributed by atoms with Crippen LogP contribution in [0.15, 0.2) is 54.1 Å². The predicted molar refractivity (Wildman–Crippen MR) is 105 cm³/mol. The molecular weight excluding hydrogens is 342 g/mol. The summed E-state index contributed by atoms with van der Waals surface area (Å²) in [7, 11) is 1.53. The van der Waals surface area contributed by atoms with Crippen molar-refractivity contribution < 1.29 is 14.3 Å². The van der Waals surface area contributed by atoms with Crippen molar-refractivity contribution in [2.75, 3.05) is 43.6 Å². The maximum absolute atomic E-state index is 12.5. The molecule has 2 aromatic carbocycles. The summed E-state index contributed by atoms with van der Waals surface area (Å²) in [5.41, 5.74) is 2.44. The molecule has 0 aromatic heterocycles. The lowest BCUT2D eigenvalue weighted by Crippen LogP contribution is -2.36. The number of amides is 1. The second-order valence-electron chi connectivity index (χ2n) is 6.02. The molecule has 2 aromatic rings. The van der Waals surface area contributed by atoms with Gasteiger partial charge in [0.2, 0.25) is 0 Å². The van der Waals surface area contributed by atoms with Gasteiger partial charge in [0.05, 0.1) is 26.0 Å². The lowest BCUT2D eigenvalue weighted by molar-refractivity contribution is -0.112. The molecule has 1 fully saturated rings. The number of carbonyl (C=O) groups is 1. The standard InChI is InChI=1S/C21H21N3O3/c1-26-20-5-3-2-4-19(20)23-21(25)17(15-22)14-16-6-8-18(9-7-16)24-10-12-27-13-11-24/h2-9,14H,10-13H2,1H3,(H,23,25)/b17-14+. The number of hydrogen-bond acceptors (Lipinski definition) is 5. The highest BCUT2D eigenvalue weighted by Gasteiger charge is 2.13. The Balaban J connectivity index is 1.73. The van der Waals surface area contributed by atoms with Crippen LogP contribution in [-0.2, 0) is 9.53 Å². The maximum Gasteiger partial charge on any atom is 0.266 e. The SMILES string of the molecule is COc1ccccc1NC(=O)/C(C#N)=C/c1ccc(N2CCOCC2)cc1. The first kappa shape index (κ1) is 18.5. The fraction of sp³-hybridized carbons (Fsp3) is 0.238. The number of anilines is 2. The molecule has 1 amide bonds. The summed E-state index contributed by atoms with van der Waals surface area (Å²) in [4.78, 5) is 14.7. The fourth-order valence-electron chi connectivity index (χ4n) is 2.86. The Labute approximate surface area is 158 Å². The van der Waals surface area contributed by atoms with E-state index in [4.69, 9.17) is 9.47 Å². The number of nitrogens with one attached hydrogen (secondary N) is 1. The highest BCUT2D eigenvalue weighted by atomic mass is 16.5. The second kappa shape index (κ2) is 8.88. The summed E-state index contributed by atoms with van der Waals surface area (Å²) in [6.45, 7) is 3.17. The lowest BCUT2D eigenvalue weighted by atomic mass is 10.1. The van der Waals surface area contributed by atoms with Crippen molar-refractivity contribution in [3.05, 3.63) is 59.7 Å². The van der Waals surface area contributed by atoms with Gasteiger partial charge in [-0.25, -0.2) is 0 Å². The molecule has 1 aliphatic heterocycles. The Morgan fingerprint density at radius 3 is 2.56 bits per heavy atom. The minimum absolute atomic E-state index is 0.0278. The Morgan fingerprint density at radius 2 is 1.89 bits per heavy atom. The summed E-state index contributed by atoms with van der Waals surface area (Å²) < 4.78 is 10.6. The summed E-state index contributed by atoms with van der Waals surface area (Å²) in [6.07, 6.45) is 1.58. The van der Waals surface area contributed by atoms with E-state index in [1.807, 2.05) is 36.4 Å². The fourth-order valence-corrected chi connectivity index (χ4v) is 2.86. The molecule has 1 aliphatic rings. The number of para-hydroxylation sites is 2.